The molecule has 2 aromatic carbocycles. The summed E-state index contributed by atoms with van der Waals surface area (Å²) in [6, 6.07) is 23.6. The molecule has 0 amide bonds. The molecule has 0 N–H and O–H groups in total. The van der Waals surface area contributed by atoms with Gasteiger partial charge in [0.25, 0.3) is 0 Å². The quantitative estimate of drug-likeness (QED) is 0.394. The number of hydrogen-bond donors (Lipinski definition) is 0. The first kappa shape index (κ1) is 26.7. The van der Waals surface area contributed by atoms with Gasteiger partial charge in [-0.15, -0.1) is 0 Å². The van der Waals surface area contributed by atoms with Crippen LogP contribution in [-0.2, 0) is 20.4 Å². The van der Waals surface area contributed by atoms with Crippen LogP contribution in [0.25, 0.3) is 0 Å². The molecule has 0 aromatic heterocycles. The Hall–Kier alpha value is -0.279. The van der Waals surface area contributed by atoms with E-state index >= 15 is 0 Å². The van der Waals surface area contributed by atoms with Gasteiger partial charge in [-0.3, -0.25) is 0 Å². The minimum Gasteiger partial charge on any atom is -1.00 e. The van der Waals surface area contributed by atoms with Crippen LogP contribution in [0.15, 0.2) is 83.0 Å². The van der Waals surface area contributed by atoms with Crippen molar-refractivity contribution >= 4 is 19.2 Å². The molecular weight excluding hydrogens is 447 g/mol. The molecule has 0 aliphatic heterocycles. The van der Waals surface area contributed by atoms with Gasteiger partial charge in [0.05, 0.1) is 0 Å². The van der Waals surface area contributed by atoms with E-state index in [1.807, 2.05) is 0 Å². The van der Waals surface area contributed by atoms with Crippen LogP contribution in [0, 0.1) is 0 Å². The predicted molar refractivity (Wildman–Crippen MR) is 104 cm³/mol. The van der Waals surface area contributed by atoms with E-state index in [2.05, 4.69) is 109 Å². The molecule has 0 saturated carbocycles. The Morgan fingerprint density at radius 1 is 0.667 bits per heavy atom. The van der Waals surface area contributed by atoms with Gasteiger partial charge in [-0.25, -0.2) is 0 Å². The molecule has 0 bridgehead atoms. The van der Waals surface area contributed by atoms with Gasteiger partial charge in [-0.1, -0.05) is 0 Å². The van der Waals surface area contributed by atoms with Gasteiger partial charge < -0.3 is 37.2 Å². The summed E-state index contributed by atoms with van der Waals surface area (Å²) in [4.78, 5) is 0. The second-order valence-corrected chi connectivity index (χ2v) is 11.2. The third kappa shape index (κ3) is 5.21. The molecule has 0 saturated heterocycles. The minimum atomic E-state index is -1.27. The van der Waals surface area contributed by atoms with Crippen molar-refractivity contribution in [1.82, 2.24) is 0 Å². The Morgan fingerprint density at radius 3 is 1.33 bits per heavy atom. The molecular formula is C22H25Cl3SiTi. The van der Waals surface area contributed by atoms with Gasteiger partial charge >= 0.3 is 160 Å². The summed E-state index contributed by atoms with van der Waals surface area (Å²) in [5.74, 6) is 0. The van der Waals surface area contributed by atoms with E-state index in [9.17, 15) is 0 Å². The molecule has 0 unspecified atom stereocenters. The summed E-state index contributed by atoms with van der Waals surface area (Å²) in [7, 11) is -1.27. The van der Waals surface area contributed by atoms with Crippen LogP contribution in [0.3, 0.4) is 0 Å². The van der Waals surface area contributed by atoms with Crippen LogP contribution in [0.5, 0.6) is 0 Å². The van der Waals surface area contributed by atoms with Crippen LogP contribution in [0.1, 0.15) is 27.7 Å². The summed E-state index contributed by atoms with van der Waals surface area (Å²) in [5.41, 5.74) is 6.15. The molecule has 5 heteroatoms. The van der Waals surface area contributed by atoms with Crippen molar-refractivity contribution in [2.45, 2.75) is 37.5 Å². The first-order valence-corrected chi connectivity index (χ1v) is 11.4. The Bertz CT molecular complexity index is 737. The number of halogens is 3. The summed E-state index contributed by atoms with van der Waals surface area (Å²) >= 11 is 2.46. The Morgan fingerprint density at radius 2 is 1.00 bits per heavy atom. The standard InChI is InChI=1S/C22H25Si.3ClH.Ti/c1-16-17(2)19(4)22(18(16)3)15-23(20-11-7-5-8-12-20)21-13-9-6-10-14-21;;;;/h5-14,23H,15H2,1-4H3;3*1H;/q;;;;+3/p-3. The molecule has 2 aromatic rings. The van der Waals surface area contributed by atoms with Crippen molar-refractivity contribution in [3.05, 3.63) is 83.0 Å². The maximum atomic E-state index is 2.46. The van der Waals surface area contributed by atoms with Crippen molar-refractivity contribution in [2.75, 3.05) is 0 Å². The monoisotopic (exact) mass is 470 g/mol. The Balaban J connectivity index is 0.00000225. The van der Waals surface area contributed by atoms with Crippen LogP contribution in [-0.4, -0.2) is 8.80 Å². The molecule has 142 valence electrons. The van der Waals surface area contributed by atoms with Gasteiger partial charge in [-0.2, -0.15) is 0 Å². The van der Waals surface area contributed by atoms with Crippen molar-refractivity contribution in [3.63, 3.8) is 0 Å². The fraction of sp³-hybridized carbons (Fsp3) is 0.273. The molecule has 0 fully saturated rings. The van der Waals surface area contributed by atoms with E-state index < -0.39 is 8.80 Å². The normalized spacial score (nSPS) is 15.2. The smallest absolute Gasteiger partial charge is 1.00 e. The van der Waals surface area contributed by atoms with E-state index in [0.717, 1.165) is 0 Å². The first-order valence-electron chi connectivity index (χ1n) is 8.66. The zero-order chi connectivity index (χ0) is 17.3. The average molecular weight is 472 g/mol. The predicted octanol–water partition coefficient (Wildman–Crippen LogP) is -4.57. The summed E-state index contributed by atoms with van der Waals surface area (Å²) < 4.78 is 0.205. The van der Waals surface area contributed by atoms with Crippen LogP contribution in [0.2, 0.25) is 9.76 Å². The van der Waals surface area contributed by atoms with E-state index in [-0.39, 0.29) is 40.9 Å². The summed E-state index contributed by atoms with van der Waals surface area (Å²) in [6.07, 6.45) is 0. The van der Waals surface area contributed by atoms with Gasteiger partial charge in [0, 0.05) is 0 Å². The molecule has 0 nitrogen and oxygen atoms in total. The molecule has 27 heavy (non-hydrogen) atoms. The number of rotatable bonds is 4. The van der Waals surface area contributed by atoms with Crippen LogP contribution in [0.4, 0.5) is 0 Å². The van der Waals surface area contributed by atoms with Gasteiger partial charge in [-0.05, 0) is 0 Å². The second-order valence-electron chi connectivity index (χ2n) is 6.98. The zero-order valence-corrected chi connectivity index (χ0v) is 21.2. The molecule has 0 heterocycles. The molecule has 0 radical (unpaired) electrons. The fourth-order valence-corrected chi connectivity index (χ4v) is 8.89. The number of hydrogen-bond acceptors (Lipinski definition) is 0. The van der Waals surface area contributed by atoms with Crippen LogP contribution < -0.4 is 47.6 Å². The van der Waals surface area contributed by atoms with E-state index in [1.54, 1.807) is 21.5 Å². The second kappa shape index (κ2) is 11.0. The van der Waals surface area contributed by atoms with E-state index in [0.29, 0.717) is 0 Å². The van der Waals surface area contributed by atoms with Crippen molar-refractivity contribution in [1.29, 1.82) is 0 Å². The van der Waals surface area contributed by atoms with E-state index in [4.69, 9.17) is 0 Å². The van der Waals surface area contributed by atoms with Gasteiger partial charge in [0.15, 0.2) is 0 Å². The third-order valence-corrected chi connectivity index (χ3v) is 11.4. The maximum absolute atomic E-state index is 2.46. The zero-order valence-electron chi connectivity index (χ0n) is 16.2. The molecule has 0 spiro atoms. The molecule has 1 aliphatic carbocycles. The number of benzene rings is 2. The molecule has 1 aliphatic rings. The van der Waals surface area contributed by atoms with Crippen molar-refractivity contribution in [2.24, 2.45) is 0 Å². The van der Waals surface area contributed by atoms with Crippen LogP contribution >= 0.6 is 0 Å². The van der Waals surface area contributed by atoms with Gasteiger partial charge in [0.2, 0.25) is 0 Å². The third-order valence-electron chi connectivity index (χ3n) is 5.88. The summed E-state index contributed by atoms with van der Waals surface area (Å²) in [6.45, 7) is 9.27. The Labute approximate surface area is 196 Å². The topological polar surface area (TPSA) is 0 Å². The van der Waals surface area contributed by atoms with Gasteiger partial charge in [0.1, 0.15) is 0 Å². The first-order chi connectivity index (χ1) is 11.4. The number of allylic oxidation sites excluding steroid dienone is 4. The Kier molecular flexibility index (Phi) is 10.9. The van der Waals surface area contributed by atoms with E-state index in [1.165, 1.54) is 17.2 Å². The van der Waals surface area contributed by atoms with Crippen molar-refractivity contribution < 1.29 is 57.7 Å². The summed E-state index contributed by atoms with van der Waals surface area (Å²) in [5, 5.41) is 3.10. The maximum Gasteiger partial charge on any atom is -1.00 e. The average Bonchev–Trinajstić information content (AvgIpc) is 2.77. The molecule has 0 atom stereocenters. The SMILES string of the molecule is CC1=C(C)[C]([Ti+3])(C[SiH](c2ccccc2)c2ccccc2)C(C)=C1C.[Cl-].[Cl-].[Cl-]. The minimum absolute atomic E-state index is 0. The fourth-order valence-electron chi connectivity index (χ4n) is 3.90. The van der Waals surface area contributed by atoms with Crippen molar-refractivity contribution in [3.8, 4) is 0 Å². The largest absolute Gasteiger partial charge is 1.00 e. The molecule has 3 rings (SSSR count).